The summed E-state index contributed by atoms with van der Waals surface area (Å²) in [5, 5.41) is 3.37. The third-order valence-electron chi connectivity index (χ3n) is 2.97. The topological polar surface area (TPSA) is 21.3 Å². The van der Waals surface area contributed by atoms with Crippen LogP contribution in [-0.2, 0) is 0 Å². The van der Waals surface area contributed by atoms with Crippen LogP contribution in [0.25, 0.3) is 0 Å². The van der Waals surface area contributed by atoms with Crippen LogP contribution in [0.15, 0.2) is 18.2 Å². The van der Waals surface area contributed by atoms with Gasteiger partial charge in [0.1, 0.15) is 11.6 Å². The number of nitrogens with one attached hydrogen (secondary N) is 1. The van der Waals surface area contributed by atoms with Crippen LogP contribution in [0.5, 0.6) is 5.75 Å². The molecule has 0 aliphatic heterocycles. The fourth-order valence-corrected chi connectivity index (χ4v) is 2.80. The summed E-state index contributed by atoms with van der Waals surface area (Å²) >= 11 is 1.78. The van der Waals surface area contributed by atoms with Crippen LogP contribution < -0.4 is 10.1 Å². The highest BCUT2D eigenvalue weighted by Crippen LogP contribution is 2.28. The summed E-state index contributed by atoms with van der Waals surface area (Å²) in [6, 6.07) is 5.13. The molecule has 1 rings (SSSR count). The molecular formula is C14H22FNOS. The van der Waals surface area contributed by atoms with E-state index in [1.807, 2.05) is 19.1 Å². The van der Waals surface area contributed by atoms with Crippen LogP contribution in [0.1, 0.15) is 25.5 Å². The van der Waals surface area contributed by atoms with Crippen molar-refractivity contribution < 1.29 is 9.13 Å². The van der Waals surface area contributed by atoms with Crippen molar-refractivity contribution in [1.29, 1.82) is 0 Å². The standard InChI is InChI=1S/C14H22FNOS/c1-5-16-14(10(2)9-18-4)12-7-6-11(17-3)8-13(12)15/h6-8,10,14,16H,5,9H2,1-4H3. The summed E-state index contributed by atoms with van der Waals surface area (Å²) in [5.74, 6) is 1.74. The highest BCUT2D eigenvalue weighted by atomic mass is 32.2. The van der Waals surface area contributed by atoms with Gasteiger partial charge >= 0.3 is 0 Å². The molecule has 0 aliphatic carbocycles. The molecule has 0 heterocycles. The SMILES string of the molecule is CCNC(c1ccc(OC)cc1F)C(C)CSC. The van der Waals surface area contributed by atoms with E-state index in [0.29, 0.717) is 11.7 Å². The van der Waals surface area contributed by atoms with Gasteiger partial charge in [-0.25, -0.2) is 4.39 Å². The van der Waals surface area contributed by atoms with E-state index in [4.69, 9.17) is 4.74 Å². The molecule has 18 heavy (non-hydrogen) atoms. The zero-order valence-electron chi connectivity index (χ0n) is 11.5. The maximum absolute atomic E-state index is 14.1. The first-order chi connectivity index (χ1) is 8.63. The Morgan fingerprint density at radius 3 is 2.67 bits per heavy atom. The van der Waals surface area contributed by atoms with Gasteiger partial charge in [0, 0.05) is 17.7 Å². The molecule has 0 bridgehead atoms. The van der Waals surface area contributed by atoms with Gasteiger partial charge in [0.2, 0.25) is 0 Å². The average Bonchev–Trinajstić information content (AvgIpc) is 2.36. The molecular weight excluding hydrogens is 249 g/mol. The van der Waals surface area contributed by atoms with Crippen molar-refractivity contribution >= 4 is 11.8 Å². The maximum Gasteiger partial charge on any atom is 0.131 e. The van der Waals surface area contributed by atoms with Crippen molar-refractivity contribution in [3.05, 3.63) is 29.6 Å². The molecule has 102 valence electrons. The Morgan fingerprint density at radius 2 is 2.17 bits per heavy atom. The van der Waals surface area contributed by atoms with Gasteiger partial charge in [0.15, 0.2) is 0 Å². The Labute approximate surface area is 113 Å². The van der Waals surface area contributed by atoms with E-state index >= 15 is 0 Å². The zero-order valence-corrected chi connectivity index (χ0v) is 12.3. The van der Waals surface area contributed by atoms with Crippen LogP contribution in [0.2, 0.25) is 0 Å². The molecule has 1 aromatic rings. The Balaban J connectivity index is 2.97. The lowest BCUT2D eigenvalue weighted by Gasteiger charge is -2.25. The average molecular weight is 271 g/mol. The summed E-state index contributed by atoms with van der Waals surface area (Å²) in [7, 11) is 1.55. The fourth-order valence-electron chi connectivity index (χ4n) is 2.08. The minimum Gasteiger partial charge on any atom is -0.497 e. The number of hydrogen-bond acceptors (Lipinski definition) is 3. The Morgan fingerprint density at radius 1 is 1.44 bits per heavy atom. The highest BCUT2D eigenvalue weighted by molar-refractivity contribution is 7.98. The van der Waals surface area contributed by atoms with E-state index in [0.717, 1.165) is 17.9 Å². The van der Waals surface area contributed by atoms with Gasteiger partial charge < -0.3 is 10.1 Å². The van der Waals surface area contributed by atoms with Crippen LogP contribution in [-0.4, -0.2) is 25.7 Å². The quantitative estimate of drug-likeness (QED) is 0.820. The first-order valence-electron chi connectivity index (χ1n) is 6.19. The van der Waals surface area contributed by atoms with E-state index in [1.165, 1.54) is 6.07 Å². The van der Waals surface area contributed by atoms with Crippen molar-refractivity contribution in [3.63, 3.8) is 0 Å². The summed E-state index contributed by atoms with van der Waals surface area (Å²) in [6.45, 7) is 5.02. The predicted molar refractivity (Wildman–Crippen MR) is 76.9 cm³/mol. The molecule has 0 amide bonds. The second-order valence-electron chi connectivity index (χ2n) is 4.36. The number of methoxy groups -OCH3 is 1. The fraction of sp³-hybridized carbons (Fsp3) is 0.571. The molecule has 0 radical (unpaired) electrons. The lowest BCUT2D eigenvalue weighted by atomic mass is 9.95. The van der Waals surface area contributed by atoms with Gasteiger partial charge in [-0.15, -0.1) is 0 Å². The van der Waals surface area contributed by atoms with Gasteiger partial charge in [-0.2, -0.15) is 11.8 Å². The number of halogens is 1. The minimum atomic E-state index is -0.201. The summed E-state index contributed by atoms with van der Waals surface area (Å²) in [5.41, 5.74) is 0.721. The summed E-state index contributed by atoms with van der Waals surface area (Å²) < 4.78 is 19.1. The number of hydrogen-bond donors (Lipinski definition) is 1. The third-order valence-corrected chi connectivity index (χ3v) is 3.82. The lowest BCUT2D eigenvalue weighted by Crippen LogP contribution is -2.28. The van der Waals surface area contributed by atoms with E-state index in [-0.39, 0.29) is 11.9 Å². The molecule has 1 N–H and O–H groups in total. The molecule has 2 unspecified atom stereocenters. The van der Waals surface area contributed by atoms with E-state index < -0.39 is 0 Å². The first-order valence-corrected chi connectivity index (χ1v) is 7.59. The summed E-state index contributed by atoms with van der Waals surface area (Å²) in [4.78, 5) is 0. The number of ether oxygens (including phenoxy) is 1. The molecule has 2 atom stereocenters. The predicted octanol–water partition coefficient (Wildman–Crippen LogP) is 3.48. The molecule has 0 fully saturated rings. The van der Waals surface area contributed by atoms with Crippen LogP contribution in [0.4, 0.5) is 4.39 Å². The molecule has 4 heteroatoms. The smallest absolute Gasteiger partial charge is 0.131 e. The maximum atomic E-state index is 14.1. The minimum absolute atomic E-state index is 0.0494. The monoisotopic (exact) mass is 271 g/mol. The molecule has 1 aromatic carbocycles. The van der Waals surface area contributed by atoms with E-state index in [9.17, 15) is 4.39 Å². The van der Waals surface area contributed by atoms with Crippen molar-refractivity contribution in [2.24, 2.45) is 5.92 Å². The molecule has 0 saturated carbocycles. The van der Waals surface area contributed by atoms with Gasteiger partial charge in [-0.05, 0) is 30.5 Å². The number of thioether (sulfide) groups is 1. The molecule has 0 aliphatic rings. The van der Waals surface area contributed by atoms with Gasteiger partial charge in [0.25, 0.3) is 0 Å². The van der Waals surface area contributed by atoms with Gasteiger partial charge in [-0.1, -0.05) is 19.9 Å². The Hall–Kier alpha value is -0.740. The zero-order chi connectivity index (χ0) is 13.5. The molecule has 0 spiro atoms. The molecule has 0 saturated heterocycles. The van der Waals surface area contributed by atoms with Crippen molar-refractivity contribution in [2.45, 2.75) is 19.9 Å². The van der Waals surface area contributed by atoms with Crippen molar-refractivity contribution in [3.8, 4) is 5.75 Å². The number of rotatable bonds is 7. The van der Waals surface area contributed by atoms with Crippen LogP contribution in [0.3, 0.4) is 0 Å². The largest absolute Gasteiger partial charge is 0.497 e. The Kier molecular flexibility index (Phi) is 6.50. The van der Waals surface area contributed by atoms with E-state index in [2.05, 4.69) is 18.5 Å². The second-order valence-corrected chi connectivity index (χ2v) is 5.27. The normalized spacial score (nSPS) is 14.3. The lowest BCUT2D eigenvalue weighted by molar-refractivity contribution is 0.397. The first kappa shape index (κ1) is 15.3. The summed E-state index contributed by atoms with van der Waals surface area (Å²) in [6.07, 6.45) is 2.07. The van der Waals surface area contributed by atoms with Gasteiger partial charge in [0.05, 0.1) is 7.11 Å². The second kappa shape index (κ2) is 7.64. The van der Waals surface area contributed by atoms with E-state index in [1.54, 1.807) is 18.9 Å². The molecule has 2 nitrogen and oxygen atoms in total. The van der Waals surface area contributed by atoms with Crippen molar-refractivity contribution in [2.75, 3.05) is 25.7 Å². The van der Waals surface area contributed by atoms with Gasteiger partial charge in [-0.3, -0.25) is 0 Å². The highest BCUT2D eigenvalue weighted by Gasteiger charge is 2.21. The van der Waals surface area contributed by atoms with Crippen LogP contribution >= 0.6 is 11.8 Å². The Bertz CT molecular complexity index is 373. The molecule has 0 aromatic heterocycles. The third kappa shape index (κ3) is 3.89. The number of benzene rings is 1. The van der Waals surface area contributed by atoms with Crippen LogP contribution in [0, 0.1) is 11.7 Å². The van der Waals surface area contributed by atoms with Crippen molar-refractivity contribution in [1.82, 2.24) is 5.32 Å².